The van der Waals surface area contributed by atoms with Gasteiger partial charge in [-0.2, -0.15) is 0 Å². The molecule has 0 aromatic heterocycles. The molecule has 1 aliphatic rings. The highest BCUT2D eigenvalue weighted by atomic mass is 16.3. The highest BCUT2D eigenvalue weighted by Crippen LogP contribution is 2.14. The van der Waals surface area contributed by atoms with E-state index < -0.39 is 0 Å². The molecule has 0 amide bonds. The zero-order valence-corrected chi connectivity index (χ0v) is 18.3. The zero-order chi connectivity index (χ0) is 20.2. The van der Waals surface area contributed by atoms with Crippen LogP contribution in [-0.4, -0.2) is 84.3 Å². The first kappa shape index (κ1) is 24.1. The Morgan fingerprint density at radius 1 is 1.07 bits per heavy atom. The molecule has 1 heterocycles. The fourth-order valence-electron chi connectivity index (χ4n) is 3.91. The van der Waals surface area contributed by atoms with Crippen LogP contribution in [0.4, 0.5) is 0 Å². The number of aliphatic hydroxyl groups excluding tert-OH is 1. The third-order valence-corrected chi connectivity index (χ3v) is 5.87. The van der Waals surface area contributed by atoms with Crippen molar-refractivity contribution in [2.75, 3.05) is 52.4 Å². The Morgan fingerprint density at radius 2 is 1.67 bits per heavy atom. The lowest BCUT2D eigenvalue weighted by atomic mass is 10.1. The van der Waals surface area contributed by atoms with E-state index in [2.05, 4.69) is 61.6 Å². The van der Waals surface area contributed by atoms with Crippen LogP contribution in [-0.2, 0) is 0 Å². The van der Waals surface area contributed by atoms with Gasteiger partial charge < -0.3 is 5.11 Å². The van der Waals surface area contributed by atoms with Crippen molar-refractivity contribution >= 4 is 0 Å². The van der Waals surface area contributed by atoms with Crippen LogP contribution in [0.2, 0.25) is 0 Å². The Hall–Kier alpha value is -0.940. The molecule has 2 atom stereocenters. The zero-order valence-electron chi connectivity index (χ0n) is 18.3. The summed E-state index contributed by atoms with van der Waals surface area (Å²) in [5, 5.41) is 9.82. The lowest BCUT2D eigenvalue weighted by Gasteiger charge is -2.33. The van der Waals surface area contributed by atoms with E-state index in [0.717, 1.165) is 57.8 Å². The summed E-state index contributed by atoms with van der Waals surface area (Å²) in [6.07, 6.45) is 7.41. The normalized spacial score (nSPS) is 21.1. The molecule has 1 saturated heterocycles. The second-order valence-corrected chi connectivity index (χ2v) is 7.94. The average molecular weight is 378 g/mol. The first-order valence-corrected chi connectivity index (χ1v) is 10.7. The summed E-state index contributed by atoms with van der Waals surface area (Å²) in [6.45, 7) is 24.4. The summed E-state index contributed by atoms with van der Waals surface area (Å²) in [6, 6.07) is 0.868. The Balaban J connectivity index is 2.94. The molecular weight excluding hydrogens is 334 g/mol. The van der Waals surface area contributed by atoms with Gasteiger partial charge in [-0.05, 0) is 32.3 Å². The molecule has 27 heavy (non-hydrogen) atoms. The van der Waals surface area contributed by atoms with Crippen molar-refractivity contribution in [1.29, 1.82) is 0 Å². The van der Waals surface area contributed by atoms with Crippen LogP contribution in [0.5, 0.6) is 0 Å². The second-order valence-electron chi connectivity index (χ2n) is 7.94. The van der Waals surface area contributed by atoms with E-state index in [1.54, 1.807) is 0 Å². The maximum absolute atomic E-state index is 9.82. The molecule has 0 spiro atoms. The Labute approximate surface area is 168 Å². The summed E-state index contributed by atoms with van der Waals surface area (Å²) in [7, 11) is 0. The molecule has 1 rings (SSSR count). The molecule has 0 saturated carbocycles. The average Bonchev–Trinajstić information content (AvgIpc) is 2.74. The van der Waals surface area contributed by atoms with Gasteiger partial charge in [-0.25, -0.2) is 0 Å². The molecule has 4 nitrogen and oxygen atoms in total. The van der Waals surface area contributed by atoms with Gasteiger partial charge in [0.25, 0.3) is 0 Å². The fraction of sp³-hybridized carbons (Fsp3) is 0.739. The first-order valence-electron chi connectivity index (χ1n) is 10.7. The molecule has 156 valence electrons. The molecule has 1 fully saturated rings. The van der Waals surface area contributed by atoms with Crippen molar-refractivity contribution < 1.29 is 5.11 Å². The number of nitrogens with zero attached hydrogens (tertiary/aromatic N) is 3. The summed E-state index contributed by atoms with van der Waals surface area (Å²) >= 11 is 0. The van der Waals surface area contributed by atoms with Crippen molar-refractivity contribution in [3.05, 3.63) is 36.5 Å². The van der Waals surface area contributed by atoms with E-state index in [1.807, 2.05) is 6.08 Å². The monoisotopic (exact) mass is 377 g/mol. The molecule has 0 radical (unpaired) electrons. The number of hydrogen-bond donors (Lipinski definition) is 1. The van der Waals surface area contributed by atoms with Gasteiger partial charge in [-0.1, -0.05) is 51.2 Å². The minimum absolute atomic E-state index is 0.244. The minimum atomic E-state index is 0.244. The maximum atomic E-state index is 9.82. The van der Waals surface area contributed by atoms with Crippen LogP contribution >= 0.6 is 0 Å². The number of hydrogen-bond acceptors (Lipinski definition) is 4. The van der Waals surface area contributed by atoms with Crippen LogP contribution in [0.1, 0.15) is 47.0 Å². The van der Waals surface area contributed by atoms with E-state index in [1.165, 1.54) is 18.4 Å². The molecule has 0 aromatic rings. The first-order chi connectivity index (χ1) is 13.0. The molecule has 4 heteroatoms. The third-order valence-electron chi connectivity index (χ3n) is 5.87. The molecule has 0 bridgehead atoms. The lowest BCUT2D eigenvalue weighted by molar-refractivity contribution is 0.101. The van der Waals surface area contributed by atoms with Gasteiger partial charge in [0.2, 0.25) is 0 Å². The Kier molecular flexibility index (Phi) is 11.8. The number of aliphatic hydroxyl groups is 1. The molecule has 2 unspecified atom stereocenters. The Bertz CT molecular complexity index is 470. The quantitative estimate of drug-likeness (QED) is 0.590. The van der Waals surface area contributed by atoms with E-state index in [-0.39, 0.29) is 12.6 Å². The highest BCUT2D eigenvalue weighted by Gasteiger charge is 2.23. The number of allylic oxidation sites excluding steroid dienone is 2. The van der Waals surface area contributed by atoms with Gasteiger partial charge in [0.05, 0.1) is 6.61 Å². The van der Waals surface area contributed by atoms with Crippen LogP contribution in [0.15, 0.2) is 36.5 Å². The van der Waals surface area contributed by atoms with Gasteiger partial charge in [0.1, 0.15) is 0 Å². The topological polar surface area (TPSA) is 30.0 Å². The van der Waals surface area contributed by atoms with E-state index in [9.17, 15) is 5.11 Å². The van der Waals surface area contributed by atoms with Gasteiger partial charge in [0, 0.05) is 57.9 Å². The summed E-state index contributed by atoms with van der Waals surface area (Å²) in [4.78, 5) is 7.66. The van der Waals surface area contributed by atoms with Crippen LogP contribution in [0.25, 0.3) is 0 Å². The van der Waals surface area contributed by atoms with Gasteiger partial charge in [-0.3, -0.25) is 14.7 Å². The standard InChI is InChI=1S/C23H43N3O/c1-7-10-21(6)25-14-12-24(18-22(11-8-2)20(4)5)13-15-26(17-16-25)23(9-3)19-27/h8,11,21,23,27H,2,4,7,9-10,12-19H2,1,3,5-6H3/b22-11-. The van der Waals surface area contributed by atoms with Crippen molar-refractivity contribution in [2.45, 2.75) is 59.0 Å². The third kappa shape index (κ3) is 8.30. The van der Waals surface area contributed by atoms with Crippen LogP contribution in [0.3, 0.4) is 0 Å². The van der Waals surface area contributed by atoms with Gasteiger partial charge >= 0.3 is 0 Å². The Morgan fingerprint density at radius 3 is 2.19 bits per heavy atom. The molecule has 1 aliphatic heterocycles. The summed E-state index contributed by atoms with van der Waals surface area (Å²) < 4.78 is 0. The van der Waals surface area contributed by atoms with Crippen molar-refractivity contribution in [1.82, 2.24) is 14.7 Å². The van der Waals surface area contributed by atoms with E-state index >= 15 is 0 Å². The van der Waals surface area contributed by atoms with Crippen molar-refractivity contribution in [3.8, 4) is 0 Å². The predicted octanol–water partition coefficient (Wildman–Crippen LogP) is 3.55. The minimum Gasteiger partial charge on any atom is -0.395 e. The molecule has 0 aliphatic carbocycles. The number of rotatable bonds is 10. The largest absolute Gasteiger partial charge is 0.395 e. The molecule has 0 aromatic carbocycles. The smallest absolute Gasteiger partial charge is 0.0586 e. The van der Waals surface area contributed by atoms with Crippen molar-refractivity contribution in [3.63, 3.8) is 0 Å². The van der Waals surface area contributed by atoms with E-state index in [0.29, 0.717) is 6.04 Å². The molecular formula is C23H43N3O. The summed E-state index contributed by atoms with van der Waals surface area (Å²) in [5.74, 6) is 0. The summed E-state index contributed by atoms with van der Waals surface area (Å²) in [5.41, 5.74) is 2.38. The second kappa shape index (κ2) is 13.3. The van der Waals surface area contributed by atoms with Crippen molar-refractivity contribution in [2.24, 2.45) is 0 Å². The van der Waals surface area contributed by atoms with Crippen LogP contribution < -0.4 is 0 Å². The van der Waals surface area contributed by atoms with E-state index in [4.69, 9.17) is 0 Å². The van der Waals surface area contributed by atoms with Crippen LogP contribution in [0, 0.1) is 0 Å². The lowest BCUT2D eigenvalue weighted by Crippen LogP contribution is -2.45. The highest BCUT2D eigenvalue weighted by molar-refractivity contribution is 5.30. The molecule has 1 N–H and O–H groups in total. The maximum Gasteiger partial charge on any atom is 0.0586 e. The van der Waals surface area contributed by atoms with Gasteiger partial charge in [0.15, 0.2) is 0 Å². The van der Waals surface area contributed by atoms with Gasteiger partial charge in [-0.15, -0.1) is 0 Å². The SMILES string of the molecule is C=C/C=C(/CN1CCN(C(C)CCC)CCN(C(CC)CO)CC1)C(=C)C. The fourth-order valence-corrected chi connectivity index (χ4v) is 3.91. The predicted molar refractivity (Wildman–Crippen MR) is 118 cm³/mol.